The molecule has 3 atom stereocenters. The molecule has 0 fully saturated rings. The molecule has 2 aromatic rings. The van der Waals surface area contributed by atoms with E-state index in [9.17, 15) is 27.2 Å². The Balaban J connectivity index is 1.72. The van der Waals surface area contributed by atoms with Gasteiger partial charge in [-0.25, -0.2) is 4.39 Å². The van der Waals surface area contributed by atoms with Crippen LogP contribution in [-0.4, -0.2) is 25.0 Å². The summed E-state index contributed by atoms with van der Waals surface area (Å²) in [5.41, 5.74) is -1.03. The molecule has 1 N–H and O–H groups in total. The van der Waals surface area contributed by atoms with E-state index in [1.165, 1.54) is 7.11 Å². The van der Waals surface area contributed by atoms with Crippen molar-refractivity contribution < 1.29 is 31.9 Å². The first-order valence-electron chi connectivity index (χ1n) is 9.19. The van der Waals surface area contributed by atoms with Crippen molar-refractivity contribution in [2.45, 2.75) is 24.6 Å². The monoisotopic (exact) mass is 421 g/mol. The molecule has 1 aliphatic rings. The van der Waals surface area contributed by atoms with Crippen LogP contribution in [0.3, 0.4) is 0 Å². The van der Waals surface area contributed by atoms with Crippen LogP contribution >= 0.6 is 0 Å². The number of benzene rings is 2. The molecule has 0 saturated heterocycles. The first kappa shape index (κ1) is 21.5. The third-order valence-corrected chi connectivity index (χ3v) is 5.01. The minimum Gasteiger partial charge on any atom is -0.469 e. The number of hydrogen-bond donors (Lipinski definition) is 1. The number of esters is 1. The second kappa shape index (κ2) is 8.69. The average Bonchev–Trinajstić information content (AvgIpc) is 3.16. The number of rotatable bonds is 5. The Kier molecular flexibility index (Phi) is 6.24. The van der Waals surface area contributed by atoms with Gasteiger partial charge in [0.2, 0.25) is 0 Å². The van der Waals surface area contributed by atoms with Gasteiger partial charge in [0.25, 0.3) is 5.91 Å². The lowest BCUT2D eigenvalue weighted by Crippen LogP contribution is -2.34. The van der Waals surface area contributed by atoms with Crippen LogP contribution in [0.4, 0.5) is 17.6 Å². The highest BCUT2D eigenvalue weighted by Gasteiger charge is 2.36. The predicted octanol–water partition coefficient (Wildman–Crippen LogP) is 4.48. The molecule has 4 nitrogen and oxygen atoms in total. The van der Waals surface area contributed by atoms with Gasteiger partial charge in [0.15, 0.2) is 0 Å². The Morgan fingerprint density at radius 2 is 1.80 bits per heavy atom. The lowest BCUT2D eigenvalue weighted by molar-refractivity contribution is -0.143. The van der Waals surface area contributed by atoms with Gasteiger partial charge in [-0.05, 0) is 36.1 Å². The van der Waals surface area contributed by atoms with Gasteiger partial charge in [-0.15, -0.1) is 0 Å². The van der Waals surface area contributed by atoms with Crippen LogP contribution < -0.4 is 5.32 Å². The zero-order chi connectivity index (χ0) is 21.9. The summed E-state index contributed by atoms with van der Waals surface area (Å²) in [6.45, 7) is 0. The fraction of sp³-hybridized carbons (Fsp3) is 0.273. The molecule has 0 saturated carbocycles. The molecule has 0 aliphatic heterocycles. The van der Waals surface area contributed by atoms with Crippen molar-refractivity contribution in [3.63, 3.8) is 0 Å². The van der Waals surface area contributed by atoms with E-state index >= 15 is 0 Å². The molecule has 2 aromatic carbocycles. The summed E-state index contributed by atoms with van der Waals surface area (Å²) < 4.78 is 57.0. The number of amides is 1. The molecule has 1 amide bonds. The first-order valence-corrected chi connectivity index (χ1v) is 9.19. The fourth-order valence-corrected chi connectivity index (χ4v) is 3.56. The molecule has 8 heteroatoms. The third kappa shape index (κ3) is 4.69. The van der Waals surface area contributed by atoms with Gasteiger partial charge in [-0.1, -0.05) is 42.5 Å². The van der Waals surface area contributed by atoms with Crippen molar-refractivity contribution in [2.75, 3.05) is 7.11 Å². The van der Waals surface area contributed by atoms with Gasteiger partial charge in [0, 0.05) is 11.6 Å². The average molecular weight is 421 g/mol. The maximum absolute atomic E-state index is 13.4. The molecule has 0 bridgehead atoms. The van der Waals surface area contributed by atoms with Crippen LogP contribution in [0.25, 0.3) is 0 Å². The van der Waals surface area contributed by atoms with Gasteiger partial charge < -0.3 is 10.1 Å². The van der Waals surface area contributed by atoms with Crippen LogP contribution in [0.15, 0.2) is 60.7 Å². The predicted molar refractivity (Wildman–Crippen MR) is 101 cm³/mol. The zero-order valence-electron chi connectivity index (χ0n) is 15.9. The van der Waals surface area contributed by atoms with Gasteiger partial charge in [0.05, 0.1) is 18.6 Å². The highest BCUT2D eigenvalue weighted by Crippen LogP contribution is 2.35. The molecule has 158 valence electrons. The number of nitrogens with one attached hydrogen (secondary N) is 1. The first-order chi connectivity index (χ1) is 14.2. The summed E-state index contributed by atoms with van der Waals surface area (Å²) in [5, 5.41) is 2.62. The van der Waals surface area contributed by atoms with Gasteiger partial charge in [0.1, 0.15) is 5.82 Å². The topological polar surface area (TPSA) is 55.4 Å². The smallest absolute Gasteiger partial charge is 0.419 e. The Morgan fingerprint density at radius 3 is 2.43 bits per heavy atom. The van der Waals surface area contributed by atoms with Crippen LogP contribution in [0.5, 0.6) is 0 Å². The van der Waals surface area contributed by atoms with Gasteiger partial charge >= 0.3 is 12.1 Å². The SMILES string of the molecule is COC(=O)C(c1ccccc1)C1C=CC(NC(=O)c2ccc(F)c(C(F)(F)F)c2)C1. The van der Waals surface area contributed by atoms with Crippen molar-refractivity contribution in [1.82, 2.24) is 5.32 Å². The van der Waals surface area contributed by atoms with E-state index < -0.39 is 41.4 Å². The maximum atomic E-state index is 13.4. The Hall–Kier alpha value is -3.16. The number of carbonyl (C=O) groups is 2. The standard InChI is InChI=1S/C22H19F4NO3/c1-30-21(29)19(13-5-3-2-4-6-13)14-7-9-16(11-14)27-20(28)15-8-10-18(23)17(12-15)22(24,25)26/h2-10,12,14,16,19H,11H2,1H3,(H,27,28). The van der Waals surface area contributed by atoms with Crippen molar-refractivity contribution in [3.05, 3.63) is 83.2 Å². The minimum absolute atomic E-state index is 0.260. The molecule has 1 aliphatic carbocycles. The molecule has 0 spiro atoms. The molecular formula is C22H19F4NO3. The number of halogens is 4. The Bertz CT molecular complexity index is 957. The largest absolute Gasteiger partial charge is 0.469 e. The number of hydrogen-bond acceptors (Lipinski definition) is 3. The van der Waals surface area contributed by atoms with Crippen LogP contribution in [0.2, 0.25) is 0 Å². The van der Waals surface area contributed by atoms with Crippen LogP contribution in [-0.2, 0) is 15.7 Å². The van der Waals surface area contributed by atoms with Crippen LogP contribution in [0, 0.1) is 11.7 Å². The number of alkyl halides is 3. The molecule has 30 heavy (non-hydrogen) atoms. The fourth-order valence-electron chi connectivity index (χ4n) is 3.56. The number of carbonyl (C=O) groups excluding carboxylic acids is 2. The molecule has 0 heterocycles. The minimum atomic E-state index is -4.90. The molecule has 0 radical (unpaired) electrons. The van der Waals surface area contributed by atoms with E-state index in [4.69, 9.17) is 4.74 Å². The van der Waals surface area contributed by atoms with E-state index in [-0.39, 0.29) is 11.5 Å². The Labute approximate surface area is 170 Å². The molecule has 0 aromatic heterocycles. The highest BCUT2D eigenvalue weighted by molar-refractivity contribution is 5.94. The number of ether oxygens (including phenoxy) is 1. The lowest BCUT2D eigenvalue weighted by atomic mass is 9.85. The van der Waals surface area contributed by atoms with Crippen molar-refractivity contribution in [2.24, 2.45) is 5.92 Å². The molecule has 3 rings (SSSR count). The van der Waals surface area contributed by atoms with E-state index in [0.29, 0.717) is 18.6 Å². The summed E-state index contributed by atoms with van der Waals surface area (Å²) in [6.07, 6.45) is -1.06. The summed E-state index contributed by atoms with van der Waals surface area (Å²) in [4.78, 5) is 24.7. The van der Waals surface area contributed by atoms with Gasteiger partial charge in [-0.2, -0.15) is 13.2 Å². The normalized spacial score (nSPS) is 19.4. The molecular weight excluding hydrogens is 402 g/mol. The lowest BCUT2D eigenvalue weighted by Gasteiger charge is -2.22. The van der Waals surface area contributed by atoms with E-state index in [1.54, 1.807) is 36.4 Å². The second-order valence-electron chi connectivity index (χ2n) is 6.97. The third-order valence-electron chi connectivity index (χ3n) is 5.01. The summed E-state index contributed by atoms with van der Waals surface area (Å²) in [5.74, 6) is -3.45. The van der Waals surface area contributed by atoms with E-state index in [2.05, 4.69) is 5.32 Å². The number of allylic oxidation sites excluding steroid dienone is 1. The van der Waals surface area contributed by atoms with E-state index in [1.807, 2.05) is 6.07 Å². The van der Waals surface area contributed by atoms with Gasteiger partial charge in [-0.3, -0.25) is 9.59 Å². The highest BCUT2D eigenvalue weighted by atomic mass is 19.4. The van der Waals surface area contributed by atoms with Crippen molar-refractivity contribution in [3.8, 4) is 0 Å². The quantitative estimate of drug-likeness (QED) is 0.440. The Morgan fingerprint density at radius 1 is 1.10 bits per heavy atom. The zero-order valence-corrected chi connectivity index (χ0v) is 15.9. The van der Waals surface area contributed by atoms with E-state index in [0.717, 1.165) is 11.6 Å². The maximum Gasteiger partial charge on any atom is 0.419 e. The summed E-state index contributed by atoms with van der Waals surface area (Å²) >= 11 is 0. The summed E-state index contributed by atoms with van der Waals surface area (Å²) in [7, 11) is 1.29. The van der Waals surface area contributed by atoms with Crippen LogP contribution in [0.1, 0.15) is 33.8 Å². The van der Waals surface area contributed by atoms with Crippen molar-refractivity contribution >= 4 is 11.9 Å². The van der Waals surface area contributed by atoms with Crippen molar-refractivity contribution in [1.29, 1.82) is 0 Å². The number of methoxy groups -OCH3 is 1. The second-order valence-corrected chi connectivity index (χ2v) is 6.97. The molecule has 3 unspecified atom stereocenters. The summed E-state index contributed by atoms with van der Waals surface area (Å²) in [6, 6.07) is 10.6.